The van der Waals surface area contributed by atoms with Crippen molar-refractivity contribution in [2.24, 2.45) is 5.92 Å². The van der Waals surface area contributed by atoms with E-state index in [0.29, 0.717) is 0 Å². The Kier molecular flexibility index (Phi) is 2.67. The van der Waals surface area contributed by atoms with Gasteiger partial charge in [-0.2, -0.15) is 0 Å². The van der Waals surface area contributed by atoms with E-state index < -0.39 is 5.97 Å². The van der Waals surface area contributed by atoms with Crippen molar-refractivity contribution < 1.29 is 9.90 Å². The highest BCUT2D eigenvalue weighted by atomic mass is 32.1. The van der Waals surface area contributed by atoms with Crippen LogP contribution >= 0.6 is 11.3 Å². The predicted molar refractivity (Wildman–Crippen MR) is 54.5 cm³/mol. The third kappa shape index (κ3) is 2.04. The first kappa shape index (κ1) is 9.45. The Bertz CT molecular complexity index is 313. The fourth-order valence-electron chi connectivity index (χ4n) is 1.81. The maximum atomic E-state index is 10.7. The molecule has 1 saturated carbocycles. The van der Waals surface area contributed by atoms with Gasteiger partial charge in [0, 0.05) is 17.6 Å². The number of aromatic nitrogens is 1. The summed E-state index contributed by atoms with van der Waals surface area (Å²) in [5.41, 5.74) is 0. The molecule has 1 aliphatic rings. The van der Waals surface area contributed by atoms with Crippen LogP contribution < -0.4 is 5.32 Å². The molecule has 5 heteroatoms. The summed E-state index contributed by atoms with van der Waals surface area (Å²) >= 11 is 1.55. The minimum atomic E-state index is -0.673. The van der Waals surface area contributed by atoms with Gasteiger partial charge in [0.2, 0.25) is 0 Å². The van der Waals surface area contributed by atoms with Gasteiger partial charge in [0.25, 0.3) is 0 Å². The van der Waals surface area contributed by atoms with E-state index >= 15 is 0 Å². The molecule has 14 heavy (non-hydrogen) atoms. The molecule has 0 unspecified atom stereocenters. The maximum absolute atomic E-state index is 10.7. The number of nitrogens with zero attached hydrogens (tertiary/aromatic N) is 1. The number of nitrogens with one attached hydrogen (secondary N) is 1. The Balaban J connectivity index is 1.87. The summed E-state index contributed by atoms with van der Waals surface area (Å²) in [4.78, 5) is 14.8. The van der Waals surface area contributed by atoms with Gasteiger partial charge in [-0.15, -0.1) is 11.3 Å². The van der Waals surface area contributed by atoms with Crippen LogP contribution in [-0.4, -0.2) is 22.1 Å². The van der Waals surface area contributed by atoms with Crippen LogP contribution in [0.3, 0.4) is 0 Å². The van der Waals surface area contributed by atoms with E-state index in [2.05, 4.69) is 10.3 Å². The highest BCUT2D eigenvalue weighted by molar-refractivity contribution is 7.13. The van der Waals surface area contributed by atoms with Crippen LogP contribution in [0, 0.1) is 5.92 Å². The van der Waals surface area contributed by atoms with Crippen molar-refractivity contribution >= 4 is 22.4 Å². The highest BCUT2D eigenvalue weighted by Gasteiger charge is 2.29. The molecule has 0 aromatic carbocycles. The third-order valence-corrected chi connectivity index (χ3v) is 3.25. The van der Waals surface area contributed by atoms with E-state index in [1.807, 2.05) is 5.38 Å². The topological polar surface area (TPSA) is 62.2 Å². The second-order valence-corrected chi connectivity index (χ2v) is 4.42. The monoisotopic (exact) mass is 212 g/mol. The molecule has 0 bridgehead atoms. The molecular weight excluding hydrogens is 200 g/mol. The molecule has 0 amide bonds. The van der Waals surface area contributed by atoms with Crippen molar-refractivity contribution in [3.8, 4) is 0 Å². The van der Waals surface area contributed by atoms with Crippen LogP contribution in [0.5, 0.6) is 0 Å². The Morgan fingerprint density at radius 1 is 1.64 bits per heavy atom. The average Bonchev–Trinajstić information content (AvgIpc) is 2.75. The number of hydrogen-bond donors (Lipinski definition) is 2. The summed E-state index contributed by atoms with van der Waals surface area (Å²) in [5.74, 6) is -0.846. The summed E-state index contributed by atoms with van der Waals surface area (Å²) in [6.07, 6.45) is 4.17. The molecule has 1 heterocycles. The molecule has 2 rings (SSSR count). The normalized spacial score (nSPS) is 26.3. The van der Waals surface area contributed by atoms with Gasteiger partial charge in [-0.25, -0.2) is 4.98 Å². The largest absolute Gasteiger partial charge is 0.481 e. The number of carboxylic acids is 1. The molecule has 0 radical (unpaired) electrons. The molecule has 4 nitrogen and oxygen atoms in total. The lowest BCUT2D eigenvalue weighted by Crippen LogP contribution is -2.17. The van der Waals surface area contributed by atoms with Crippen LogP contribution in [0.15, 0.2) is 11.6 Å². The van der Waals surface area contributed by atoms with E-state index in [0.717, 1.165) is 24.4 Å². The molecule has 1 aliphatic carbocycles. The first-order valence-electron chi connectivity index (χ1n) is 4.64. The zero-order valence-electron chi connectivity index (χ0n) is 7.64. The van der Waals surface area contributed by atoms with Crippen LogP contribution in [0.4, 0.5) is 5.13 Å². The number of aliphatic carboxylic acids is 1. The van der Waals surface area contributed by atoms with Crippen molar-refractivity contribution in [1.29, 1.82) is 0 Å². The average molecular weight is 212 g/mol. The fourth-order valence-corrected chi connectivity index (χ4v) is 2.41. The first-order chi connectivity index (χ1) is 6.75. The minimum absolute atomic E-state index is 0.174. The van der Waals surface area contributed by atoms with Gasteiger partial charge in [-0.3, -0.25) is 4.79 Å². The smallest absolute Gasteiger partial charge is 0.306 e. The van der Waals surface area contributed by atoms with Gasteiger partial charge in [0.05, 0.1) is 5.92 Å². The molecule has 0 saturated heterocycles. The van der Waals surface area contributed by atoms with Gasteiger partial charge in [0.15, 0.2) is 5.13 Å². The third-order valence-electron chi connectivity index (χ3n) is 2.54. The Hall–Kier alpha value is -1.10. The van der Waals surface area contributed by atoms with Gasteiger partial charge in [0.1, 0.15) is 0 Å². The van der Waals surface area contributed by atoms with Gasteiger partial charge >= 0.3 is 5.97 Å². The number of thiazole rings is 1. The number of rotatable bonds is 3. The summed E-state index contributed by atoms with van der Waals surface area (Å²) in [5, 5.41) is 14.9. The van der Waals surface area contributed by atoms with E-state index in [4.69, 9.17) is 5.11 Å². The molecule has 1 aromatic rings. The zero-order chi connectivity index (χ0) is 9.97. The summed E-state index contributed by atoms with van der Waals surface area (Å²) in [7, 11) is 0. The van der Waals surface area contributed by atoms with Crippen molar-refractivity contribution in [2.45, 2.75) is 25.3 Å². The Morgan fingerprint density at radius 2 is 2.50 bits per heavy atom. The number of hydrogen-bond acceptors (Lipinski definition) is 4. The van der Waals surface area contributed by atoms with Crippen molar-refractivity contribution in [3.63, 3.8) is 0 Å². The van der Waals surface area contributed by atoms with E-state index in [1.54, 1.807) is 17.5 Å². The highest BCUT2D eigenvalue weighted by Crippen LogP contribution is 2.28. The van der Waals surface area contributed by atoms with Crippen LogP contribution in [-0.2, 0) is 4.79 Å². The first-order valence-corrected chi connectivity index (χ1v) is 5.52. The Labute approximate surface area is 86.0 Å². The van der Waals surface area contributed by atoms with Crippen molar-refractivity contribution in [3.05, 3.63) is 11.6 Å². The van der Waals surface area contributed by atoms with E-state index in [-0.39, 0.29) is 12.0 Å². The summed E-state index contributed by atoms with van der Waals surface area (Å²) < 4.78 is 0. The maximum Gasteiger partial charge on any atom is 0.306 e. The van der Waals surface area contributed by atoms with Crippen LogP contribution in [0.1, 0.15) is 19.3 Å². The molecular formula is C9H12N2O2S. The fraction of sp³-hybridized carbons (Fsp3) is 0.556. The van der Waals surface area contributed by atoms with E-state index in [9.17, 15) is 4.79 Å². The quantitative estimate of drug-likeness (QED) is 0.802. The lowest BCUT2D eigenvalue weighted by molar-refractivity contribution is -0.141. The second-order valence-electron chi connectivity index (χ2n) is 3.53. The minimum Gasteiger partial charge on any atom is -0.481 e. The van der Waals surface area contributed by atoms with Crippen molar-refractivity contribution in [2.75, 3.05) is 5.32 Å². The van der Waals surface area contributed by atoms with Gasteiger partial charge in [-0.1, -0.05) is 0 Å². The molecule has 2 N–H and O–H groups in total. The van der Waals surface area contributed by atoms with Gasteiger partial charge in [-0.05, 0) is 19.3 Å². The lowest BCUT2D eigenvalue weighted by atomic mass is 10.1. The lowest BCUT2D eigenvalue weighted by Gasteiger charge is -2.10. The molecule has 0 spiro atoms. The zero-order valence-corrected chi connectivity index (χ0v) is 8.46. The molecule has 2 atom stereocenters. The predicted octanol–water partition coefficient (Wildman–Crippen LogP) is 1.81. The van der Waals surface area contributed by atoms with Crippen LogP contribution in [0.25, 0.3) is 0 Å². The molecule has 1 fully saturated rings. The second kappa shape index (κ2) is 3.96. The standard InChI is InChI=1S/C9H12N2O2S/c12-8(13)6-1-2-7(5-6)11-9-10-3-4-14-9/h3-4,6-7H,1-2,5H2,(H,10,11)(H,12,13)/t6-,7+/m1/s1. The van der Waals surface area contributed by atoms with Gasteiger partial charge < -0.3 is 10.4 Å². The number of anilines is 1. The molecule has 76 valence electrons. The van der Waals surface area contributed by atoms with Crippen molar-refractivity contribution in [1.82, 2.24) is 4.98 Å². The van der Waals surface area contributed by atoms with Crippen LogP contribution in [0.2, 0.25) is 0 Å². The molecule has 1 aromatic heterocycles. The number of carbonyl (C=O) groups is 1. The Morgan fingerprint density at radius 3 is 3.07 bits per heavy atom. The number of carboxylic acid groups (broad SMARTS) is 1. The molecule has 0 aliphatic heterocycles. The van der Waals surface area contributed by atoms with E-state index in [1.165, 1.54) is 0 Å². The SMILES string of the molecule is O=C(O)[C@@H]1CC[C@H](Nc2nccs2)C1. The summed E-state index contributed by atoms with van der Waals surface area (Å²) in [6, 6.07) is 0.280. The summed E-state index contributed by atoms with van der Waals surface area (Å²) in [6.45, 7) is 0.